The van der Waals surface area contributed by atoms with Crippen molar-refractivity contribution in [3.05, 3.63) is 41.9 Å². The van der Waals surface area contributed by atoms with Crippen molar-refractivity contribution in [2.45, 2.75) is 6.92 Å². The van der Waals surface area contributed by atoms with Crippen molar-refractivity contribution in [2.75, 3.05) is 6.61 Å². The first kappa shape index (κ1) is 13.1. The monoisotopic (exact) mass is 284 g/mol. The van der Waals surface area contributed by atoms with Crippen molar-refractivity contribution in [3.63, 3.8) is 0 Å². The Hall–Kier alpha value is -2.89. The van der Waals surface area contributed by atoms with Crippen molar-refractivity contribution >= 4 is 23.3 Å². The molecule has 0 aliphatic rings. The summed E-state index contributed by atoms with van der Waals surface area (Å²) in [6.07, 6.45) is 0.650. The summed E-state index contributed by atoms with van der Waals surface area (Å²) in [5.74, 6) is 0.515. The van der Waals surface area contributed by atoms with E-state index in [-0.39, 0.29) is 11.6 Å². The lowest BCUT2D eigenvalue weighted by atomic mass is 10.1. The Labute approximate surface area is 119 Å². The molecule has 1 aromatic carbocycles. The van der Waals surface area contributed by atoms with Gasteiger partial charge in [0.15, 0.2) is 12.0 Å². The molecule has 0 bridgehead atoms. The number of hydrogen-bond donors (Lipinski definition) is 1. The highest BCUT2D eigenvalue weighted by atomic mass is 16.5. The Morgan fingerprint density at radius 2 is 2.24 bits per heavy atom. The molecule has 3 aromatic rings. The van der Waals surface area contributed by atoms with Crippen LogP contribution in [0.25, 0.3) is 22.4 Å². The van der Waals surface area contributed by atoms with Gasteiger partial charge < -0.3 is 14.1 Å². The van der Waals surface area contributed by atoms with Crippen LogP contribution in [0.4, 0.5) is 0 Å². The average molecular weight is 284 g/mol. The van der Waals surface area contributed by atoms with Crippen LogP contribution in [0.3, 0.4) is 0 Å². The molecule has 0 saturated heterocycles. The van der Waals surface area contributed by atoms with Gasteiger partial charge in [-0.1, -0.05) is 0 Å². The molecule has 0 radical (unpaired) electrons. The van der Waals surface area contributed by atoms with Gasteiger partial charge in [-0.15, -0.1) is 0 Å². The van der Waals surface area contributed by atoms with Crippen LogP contribution in [0.1, 0.15) is 28.1 Å². The van der Waals surface area contributed by atoms with Crippen molar-refractivity contribution in [1.29, 1.82) is 0 Å². The summed E-state index contributed by atoms with van der Waals surface area (Å²) in [7, 11) is 0. The Morgan fingerprint density at radius 1 is 1.38 bits per heavy atom. The summed E-state index contributed by atoms with van der Waals surface area (Å²) in [5.41, 5.74) is 2.14. The van der Waals surface area contributed by atoms with Crippen LogP contribution in [0.5, 0.6) is 0 Å². The van der Waals surface area contributed by atoms with E-state index in [1.54, 1.807) is 31.2 Å². The smallest absolute Gasteiger partial charge is 0.374 e. The predicted octanol–water partition coefficient (Wildman–Crippen LogP) is 2.81. The van der Waals surface area contributed by atoms with E-state index in [9.17, 15) is 9.59 Å². The van der Waals surface area contributed by atoms with Gasteiger partial charge in [0.1, 0.15) is 5.76 Å². The zero-order valence-electron chi connectivity index (χ0n) is 11.3. The number of nitrogens with zero attached hydrogens (tertiary/aromatic N) is 1. The summed E-state index contributed by atoms with van der Waals surface area (Å²) in [5, 5.41) is 0. The Bertz CT molecular complexity index is 816. The number of ether oxygens (including phenoxy) is 1. The number of benzene rings is 1. The summed E-state index contributed by atoms with van der Waals surface area (Å²) >= 11 is 0. The van der Waals surface area contributed by atoms with E-state index in [2.05, 4.69) is 9.97 Å². The summed E-state index contributed by atoms with van der Waals surface area (Å²) in [4.78, 5) is 29.4. The molecule has 0 unspecified atom stereocenters. The van der Waals surface area contributed by atoms with Gasteiger partial charge in [0.2, 0.25) is 5.82 Å². The molecule has 0 aliphatic heterocycles. The minimum atomic E-state index is -0.489. The van der Waals surface area contributed by atoms with Crippen LogP contribution >= 0.6 is 0 Å². The molecule has 2 aromatic heterocycles. The molecule has 2 heterocycles. The molecule has 0 fully saturated rings. The van der Waals surface area contributed by atoms with Gasteiger partial charge >= 0.3 is 5.97 Å². The Kier molecular flexibility index (Phi) is 3.27. The number of carbonyl (C=O) groups excluding carboxylic acids is 2. The second kappa shape index (κ2) is 5.24. The predicted molar refractivity (Wildman–Crippen MR) is 75.1 cm³/mol. The lowest BCUT2D eigenvalue weighted by Gasteiger charge is -1.96. The topological polar surface area (TPSA) is 85.2 Å². The third-order valence-electron chi connectivity index (χ3n) is 2.98. The number of aromatic nitrogens is 2. The molecular weight excluding hydrogens is 272 g/mol. The minimum absolute atomic E-state index is 0.164. The fourth-order valence-corrected chi connectivity index (χ4v) is 2.03. The SMILES string of the molecule is CCOC(=O)c1nc2ccc(-c3ccc(C=O)o3)cc2[nH]1. The molecule has 106 valence electrons. The quantitative estimate of drug-likeness (QED) is 0.588. The maximum absolute atomic E-state index is 11.6. The Balaban J connectivity index is 1.99. The third-order valence-corrected chi connectivity index (χ3v) is 2.98. The fraction of sp³-hybridized carbons (Fsp3) is 0.133. The van der Waals surface area contributed by atoms with Gasteiger partial charge in [0.25, 0.3) is 0 Å². The molecule has 6 nitrogen and oxygen atoms in total. The third kappa shape index (κ3) is 2.43. The highest BCUT2D eigenvalue weighted by molar-refractivity contribution is 5.91. The van der Waals surface area contributed by atoms with Crippen molar-refractivity contribution < 1.29 is 18.7 Å². The highest BCUT2D eigenvalue weighted by Gasteiger charge is 2.13. The van der Waals surface area contributed by atoms with Crippen LogP contribution in [0.15, 0.2) is 34.7 Å². The number of carbonyl (C=O) groups is 2. The van der Waals surface area contributed by atoms with Crippen molar-refractivity contribution in [2.24, 2.45) is 0 Å². The van der Waals surface area contributed by atoms with Crippen LogP contribution < -0.4 is 0 Å². The number of imidazole rings is 1. The summed E-state index contributed by atoms with van der Waals surface area (Å²) < 4.78 is 10.3. The number of furan rings is 1. The van der Waals surface area contributed by atoms with E-state index in [1.807, 2.05) is 6.07 Å². The number of H-pyrrole nitrogens is 1. The molecule has 0 spiro atoms. The first-order valence-corrected chi connectivity index (χ1v) is 6.43. The number of aromatic amines is 1. The van der Waals surface area contributed by atoms with Gasteiger partial charge in [0.05, 0.1) is 17.6 Å². The maximum Gasteiger partial charge on any atom is 0.374 e. The zero-order valence-corrected chi connectivity index (χ0v) is 11.3. The highest BCUT2D eigenvalue weighted by Crippen LogP contribution is 2.25. The fourth-order valence-electron chi connectivity index (χ4n) is 2.03. The standard InChI is InChI=1S/C15H12N2O4/c1-2-20-15(19)14-16-11-5-3-9(7-12(11)17-14)13-6-4-10(8-18)21-13/h3-8H,2H2,1H3,(H,16,17). The number of esters is 1. The molecule has 0 amide bonds. The van der Waals surface area contributed by atoms with Gasteiger partial charge in [-0.2, -0.15) is 0 Å². The molecule has 1 N–H and O–H groups in total. The molecular formula is C15H12N2O4. The van der Waals surface area contributed by atoms with E-state index >= 15 is 0 Å². The van der Waals surface area contributed by atoms with Crippen LogP contribution in [0.2, 0.25) is 0 Å². The van der Waals surface area contributed by atoms with Crippen LogP contribution in [-0.4, -0.2) is 28.8 Å². The van der Waals surface area contributed by atoms with E-state index in [1.165, 1.54) is 0 Å². The molecule has 0 atom stereocenters. The summed E-state index contributed by atoms with van der Waals surface area (Å²) in [6.45, 7) is 2.03. The van der Waals surface area contributed by atoms with Gasteiger partial charge in [0, 0.05) is 5.56 Å². The van der Waals surface area contributed by atoms with Gasteiger partial charge in [-0.3, -0.25) is 4.79 Å². The maximum atomic E-state index is 11.6. The molecule has 6 heteroatoms. The van der Waals surface area contributed by atoms with E-state index in [4.69, 9.17) is 9.15 Å². The first-order valence-electron chi connectivity index (χ1n) is 6.43. The van der Waals surface area contributed by atoms with Gasteiger partial charge in [-0.25, -0.2) is 9.78 Å². The van der Waals surface area contributed by atoms with E-state index in [0.29, 0.717) is 29.7 Å². The van der Waals surface area contributed by atoms with Crippen molar-refractivity contribution in [1.82, 2.24) is 9.97 Å². The van der Waals surface area contributed by atoms with E-state index < -0.39 is 5.97 Å². The molecule has 0 aliphatic carbocycles. The second-order valence-electron chi connectivity index (χ2n) is 4.36. The molecule has 0 saturated carbocycles. The van der Waals surface area contributed by atoms with Gasteiger partial charge in [-0.05, 0) is 37.3 Å². The summed E-state index contributed by atoms with van der Waals surface area (Å²) in [6, 6.07) is 8.70. The number of hydrogen-bond acceptors (Lipinski definition) is 5. The van der Waals surface area contributed by atoms with Crippen LogP contribution in [-0.2, 0) is 4.74 Å². The Morgan fingerprint density at radius 3 is 2.95 bits per heavy atom. The molecule has 3 rings (SSSR count). The largest absolute Gasteiger partial charge is 0.460 e. The minimum Gasteiger partial charge on any atom is -0.460 e. The lowest BCUT2D eigenvalue weighted by Crippen LogP contribution is -2.06. The zero-order chi connectivity index (χ0) is 14.8. The number of aldehydes is 1. The number of rotatable bonds is 4. The molecule has 21 heavy (non-hydrogen) atoms. The second-order valence-corrected chi connectivity index (χ2v) is 4.36. The first-order chi connectivity index (χ1) is 10.2. The average Bonchev–Trinajstić information content (AvgIpc) is 3.13. The lowest BCUT2D eigenvalue weighted by molar-refractivity contribution is 0.0513. The normalized spacial score (nSPS) is 10.7. The number of fused-ring (bicyclic) bond motifs is 1. The van der Waals surface area contributed by atoms with E-state index in [0.717, 1.165) is 5.56 Å². The van der Waals surface area contributed by atoms with Crippen molar-refractivity contribution in [3.8, 4) is 11.3 Å². The van der Waals surface area contributed by atoms with Crippen LogP contribution in [0, 0.1) is 0 Å². The number of nitrogens with one attached hydrogen (secondary N) is 1.